The zero-order chi connectivity index (χ0) is 12.1. The van der Waals surface area contributed by atoms with E-state index in [1.807, 2.05) is 35.9 Å². The fourth-order valence-electron chi connectivity index (χ4n) is 1.49. The standard InChI is InChI=1S/C12H14ClN3O/c1-2-16-12(14-9-15-16)8-17-11-5-3-10(7-13)4-6-11/h3-6,9H,2,7-8H2,1H3. The summed E-state index contributed by atoms with van der Waals surface area (Å²) in [5.41, 5.74) is 1.08. The fraction of sp³-hybridized carbons (Fsp3) is 0.333. The molecule has 4 nitrogen and oxygen atoms in total. The van der Waals surface area contributed by atoms with E-state index in [1.54, 1.807) is 6.33 Å². The molecule has 2 rings (SSSR count). The van der Waals surface area contributed by atoms with Gasteiger partial charge in [0.25, 0.3) is 0 Å². The Kier molecular flexibility index (Phi) is 3.98. The molecule has 90 valence electrons. The minimum absolute atomic E-state index is 0.425. The average Bonchev–Trinajstić information content (AvgIpc) is 2.84. The first-order valence-electron chi connectivity index (χ1n) is 5.48. The van der Waals surface area contributed by atoms with Crippen LogP contribution in [0.2, 0.25) is 0 Å². The van der Waals surface area contributed by atoms with Crippen LogP contribution in [0.15, 0.2) is 30.6 Å². The quantitative estimate of drug-likeness (QED) is 0.767. The maximum atomic E-state index is 5.71. The molecular weight excluding hydrogens is 238 g/mol. The molecule has 0 saturated carbocycles. The predicted molar refractivity (Wildman–Crippen MR) is 66.0 cm³/mol. The highest BCUT2D eigenvalue weighted by Gasteiger charge is 2.03. The first-order valence-corrected chi connectivity index (χ1v) is 6.01. The van der Waals surface area contributed by atoms with Crippen LogP contribution in [0, 0.1) is 0 Å². The number of halogens is 1. The molecule has 0 bridgehead atoms. The Morgan fingerprint density at radius 3 is 2.71 bits per heavy atom. The maximum absolute atomic E-state index is 5.71. The van der Waals surface area contributed by atoms with E-state index in [9.17, 15) is 0 Å². The van der Waals surface area contributed by atoms with E-state index in [2.05, 4.69) is 10.1 Å². The van der Waals surface area contributed by atoms with Crippen molar-refractivity contribution in [1.82, 2.24) is 14.8 Å². The second kappa shape index (κ2) is 5.68. The van der Waals surface area contributed by atoms with Gasteiger partial charge in [0.1, 0.15) is 18.7 Å². The van der Waals surface area contributed by atoms with Gasteiger partial charge in [-0.3, -0.25) is 0 Å². The largest absolute Gasteiger partial charge is 0.486 e. The zero-order valence-corrected chi connectivity index (χ0v) is 10.4. The average molecular weight is 252 g/mol. The van der Waals surface area contributed by atoms with Gasteiger partial charge in [-0.1, -0.05) is 12.1 Å². The smallest absolute Gasteiger partial charge is 0.164 e. The molecule has 0 atom stereocenters. The van der Waals surface area contributed by atoms with Gasteiger partial charge in [-0.05, 0) is 24.6 Å². The Labute approximate surface area is 105 Å². The van der Waals surface area contributed by atoms with Gasteiger partial charge in [0, 0.05) is 12.4 Å². The molecule has 1 aromatic heterocycles. The van der Waals surface area contributed by atoms with E-state index in [4.69, 9.17) is 16.3 Å². The molecule has 0 radical (unpaired) electrons. The Balaban J connectivity index is 1.97. The molecule has 5 heteroatoms. The van der Waals surface area contributed by atoms with Gasteiger partial charge < -0.3 is 4.74 Å². The molecule has 0 amide bonds. The van der Waals surface area contributed by atoms with Crippen LogP contribution < -0.4 is 4.74 Å². The summed E-state index contributed by atoms with van der Waals surface area (Å²) in [6.45, 7) is 3.24. The number of ether oxygens (including phenoxy) is 1. The van der Waals surface area contributed by atoms with Crippen molar-refractivity contribution in [2.24, 2.45) is 0 Å². The van der Waals surface area contributed by atoms with Crippen molar-refractivity contribution in [3.05, 3.63) is 42.0 Å². The Morgan fingerprint density at radius 2 is 2.06 bits per heavy atom. The molecule has 0 fully saturated rings. The number of benzene rings is 1. The van der Waals surface area contributed by atoms with Gasteiger partial charge >= 0.3 is 0 Å². The number of aryl methyl sites for hydroxylation is 1. The lowest BCUT2D eigenvalue weighted by molar-refractivity contribution is 0.287. The molecule has 2 aromatic rings. The number of hydrogen-bond acceptors (Lipinski definition) is 3. The highest BCUT2D eigenvalue weighted by atomic mass is 35.5. The summed E-state index contributed by atoms with van der Waals surface area (Å²) >= 11 is 5.71. The first-order chi connectivity index (χ1) is 8.33. The van der Waals surface area contributed by atoms with Crippen LogP contribution in [0.3, 0.4) is 0 Å². The lowest BCUT2D eigenvalue weighted by atomic mass is 10.2. The highest BCUT2D eigenvalue weighted by molar-refractivity contribution is 6.17. The summed E-state index contributed by atoms with van der Waals surface area (Å²) in [4.78, 5) is 4.14. The molecule has 0 aliphatic heterocycles. The number of nitrogens with zero attached hydrogens (tertiary/aromatic N) is 3. The summed E-state index contributed by atoms with van der Waals surface area (Å²) in [5.74, 6) is 2.16. The molecule has 0 spiro atoms. The summed E-state index contributed by atoms with van der Waals surface area (Å²) < 4.78 is 7.44. The molecular formula is C12H14ClN3O. The zero-order valence-electron chi connectivity index (χ0n) is 9.64. The normalized spacial score (nSPS) is 10.5. The third-order valence-corrected chi connectivity index (χ3v) is 2.75. The third kappa shape index (κ3) is 2.97. The number of aromatic nitrogens is 3. The molecule has 0 N–H and O–H groups in total. The molecule has 1 aromatic carbocycles. The van der Waals surface area contributed by atoms with Crippen molar-refractivity contribution >= 4 is 11.6 Å². The Morgan fingerprint density at radius 1 is 1.29 bits per heavy atom. The molecule has 17 heavy (non-hydrogen) atoms. The minimum Gasteiger partial charge on any atom is -0.486 e. The summed E-state index contributed by atoms with van der Waals surface area (Å²) in [6, 6.07) is 7.72. The Hall–Kier alpha value is -1.55. The van der Waals surface area contributed by atoms with E-state index in [-0.39, 0.29) is 0 Å². The van der Waals surface area contributed by atoms with Gasteiger partial charge in [-0.2, -0.15) is 5.10 Å². The predicted octanol–water partition coefficient (Wildman–Crippen LogP) is 2.62. The first kappa shape index (κ1) is 11.9. The van der Waals surface area contributed by atoms with Crippen LogP contribution >= 0.6 is 11.6 Å². The third-order valence-electron chi connectivity index (χ3n) is 2.44. The number of rotatable bonds is 5. The van der Waals surface area contributed by atoms with E-state index < -0.39 is 0 Å². The van der Waals surface area contributed by atoms with Gasteiger partial charge in [-0.25, -0.2) is 9.67 Å². The molecule has 1 heterocycles. The monoisotopic (exact) mass is 251 g/mol. The molecule has 0 saturated heterocycles. The summed E-state index contributed by atoms with van der Waals surface area (Å²) in [7, 11) is 0. The molecule has 0 unspecified atom stereocenters. The van der Waals surface area contributed by atoms with Crippen LogP contribution in [0.4, 0.5) is 0 Å². The van der Waals surface area contributed by atoms with Crippen LogP contribution in [0.25, 0.3) is 0 Å². The fourth-order valence-corrected chi connectivity index (χ4v) is 1.66. The van der Waals surface area contributed by atoms with Crippen molar-refractivity contribution in [2.75, 3.05) is 0 Å². The van der Waals surface area contributed by atoms with Gasteiger partial charge in [0.15, 0.2) is 5.82 Å². The van der Waals surface area contributed by atoms with Crippen molar-refractivity contribution in [2.45, 2.75) is 26.0 Å². The topological polar surface area (TPSA) is 39.9 Å². The van der Waals surface area contributed by atoms with Crippen LogP contribution in [-0.2, 0) is 19.0 Å². The molecule has 0 aliphatic rings. The van der Waals surface area contributed by atoms with Crippen LogP contribution in [0.5, 0.6) is 5.75 Å². The van der Waals surface area contributed by atoms with E-state index in [1.165, 1.54) is 0 Å². The van der Waals surface area contributed by atoms with Gasteiger partial charge in [0.2, 0.25) is 0 Å². The SMILES string of the molecule is CCn1ncnc1COc1ccc(CCl)cc1. The summed E-state index contributed by atoms with van der Waals surface area (Å²) in [5, 5.41) is 4.08. The second-order valence-corrected chi connectivity index (χ2v) is 3.83. The second-order valence-electron chi connectivity index (χ2n) is 3.56. The van der Waals surface area contributed by atoms with Gasteiger partial charge in [-0.15, -0.1) is 11.6 Å². The summed E-state index contributed by atoms with van der Waals surface area (Å²) in [6.07, 6.45) is 1.54. The van der Waals surface area contributed by atoms with E-state index in [0.717, 1.165) is 23.7 Å². The number of alkyl halides is 1. The van der Waals surface area contributed by atoms with Crippen LogP contribution in [0.1, 0.15) is 18.3 Å². The van der Waals surface area contributed by atoms with Crippen molar-refractivity contribution in [1.29, 1.82) is 0 Å². The Bertz CT molecular complexity index is 467. The van der Waals surface area contributed by atoms with Crippen molar-refractivity contribution in [3.63, 3.8) is 0 Å². The maximum Gasteiger partial charge on any atom is 0.164 e. The minimum atomic E-state index is 0.425. The lowest BCUT2D eigenvalue weighted by Crippen LogP contribution is -2.07. The van der Waals surface area contributed by atoms with Gasteiger partial charge in [0.05, 0.1) is 0 Å². The van der Waals surface area contributed by atoms with Crippen molar-refractivity contribution < 1.29 is 4.74 Å². The van der Waals surface area contributed by atoms with Crippen LogP contribution in [-0.4, -0.2) is 14.8 Å². The molecule has 0 aliphatic carbocycles. The van der Waals surface area contributed by atoms with E-state index in [0.29, 0.717) is 12.5 Å². The van der Waals surface area contributed by atoms with E-state index >= 15 is 0 Å². The van der Waals surface area contributed by atoms with Crippen molar-refractivity contribution in [3.8, 4) is 5.75 Å². The highest BCUT2D eigenvalue weighted by Crippen LogP contribution is 2.14. The number of hydrogen-bond donors (Lipinski definition) is 0. The lowest BCUT2D eigenvalue weighted by Gasteiger charge is -2.06.